The molecule has 0 unspecified atom stereocenters. The number of thioether (sulfide) groups is 1. The highest BCUT2D eigenvalue weighted by Gasteiger charge is 2.08. The third kappa shape index (κ3) is 2.01. The van der Waals surface area contributed by atoms with Crippen LogP contribution in [0, 0.1) is 13.8 Å². The van der Waals surface area contributed by atoms with Crippen LogP contribution in [0.15, 0.2) is 4.90 Å². The fourth-order valence-corrected chi connectivity index (χ4v) is 1.67. The summed E-state index contributed by atoms with van der Waals surface area (Å²) >= 11 is 1.30. The van der Waals surface area contributed by atoms with Gasteiger partial charge >= 0.3 is 5.97 Å². The lowest BCUT2D eigenvalue weighted by Gasteiger charge is -1.96. The van der Waals surface area contributed by atoms with Gasteiger partial charge in [0.25, 0.3) is 0 Å². The van der Waals surface area contributed by atoms with Gasteiger partial charge < -0.3 is 5.11 Å². The van der Waals surface area contributed by atoms with Gasteiger partial charge in [-0.15, -0.1) is 11.8 Å². The van der Waals surface area contributed by atoms with E-state index in [2.05, 4.69) is 10.2 Å². The molecule has 1 aromatic rings. The standard InChI is InChI=1S/C7H10N2O2S/c1-4-7(5(2)9-8-4)12-3-6(10)11/h3H2,1-2H3,(H,8,9)(H,10,11). The van der Waals surface area contributed by atoms with Crippen LogP contribution in [0.1, 0.15) is 11.4 Å². The molecule has 0 amide bonds. The minimum atomic E-state index is -0.806. The molecule has 0 bridgehead atoms. The van der Waals surface area contributed by atoms with Crippen LogP contribution in [-0.4, -0.2) is 27.0 Å². The van der Waals surface area contributed by atoms with Crippen molar-refractivity contribution in [3.05, 3.63) is 11.4 Å². The van der Waals surface area contributed by atoms with Gasteiger partial charge in [-0.25, -0.2) is 0 Å². The number of aromatic nitrogens is 2. The maximum atomic E-state index is 10.3. The highest BCUT2D eigenvalue weighted by atomic mass is 32.2. The Hall–Kier alpha value is -0.970. The average Bonchev–Trinajstić information content (AvgIpc) is 2.28. The second-order valence-electron chi connectivity index (χ2n) is 2.45. The molecule has 0 aliphatic heterocycles. The van der Waals surface area contributed by atoms with Crippen LogP contribution in [0.2, 0.25) is 0 Å². The van der Waals surface area contributed by atoms with Crippen LogP contribution < -0.4 is 0 Å². The first-order valence-corrected chi connectivity index (χ1v) is 4.46. The molecule has 0 atom stereocenters. The number of nitrogens with zero attached hydrogens (tertiary/aromatic N) is 1. The van der Waals surface area contributed by atoms with E-state index in [-0.39, 0.29) is 5.75 Å². The van der Waals surface area contributed by atoms with Gasteiger partial charge in [0.1, 0.15) is 0 Å². The second kappa shape index (κ2) is 3.62. The Kier molecular flexibility index (Phi) is 2.75. The predicted octanol–water partition coefficient (Wildman–Crippen LogP) is 1.20. The first-order valence-electron chi connectivity index (χ1n) is 3.47. The molecule has 2 N–H and O–H groups in total. The fourth-order valence-electron chi connectivity index (χ4n) is 0.887. The molecule has 12 heavy (non-hydrogen) atoms. The average molecular weight is 186 g/mol. The van der Waals surface area contributed by atoms with Crippen molar-refractivity contribution < 1.29 is 9.90 Å². The van der Waals surface area contributed by atoms with Crippen molar-refractivity contribution in [2.24, 2.45) is 0 Å². The van der Waals surface area contributed by atoms with E-state index in [9.17, 15) is 4.79 Å². The van der Waals surface area contributed by atoms with Crippen molar-refractivity contribution in [2.75, 3.05) is 5.75 Å². The van der Waals surface area contributed by atoms with E-state index in [1.165, 1.54) is 11.8 Å². The molecule has 0 spiro atoms. The number of carboxylic acids is 1. The summed E-state index contributed by atoms with van der Waals surface area (Å²) in [4.78, 5) is 11.2. The molecule has 0 aromatic carbocycles. The van der Waals surface area contributed by atoms with Gasteiger partial charge in [-0.05, 0) is 13.8 Å². The number of aryl methyl sites for hydroxylation is 2. The number of rotatable bonds is 3. The third-order valence-electron chi connectivity index (χ3n) is 1.40. The Bertz CT molecular complexity index is 276. The number of carboxylic acid groups (broad SMARTS) is 1. The normalized spacial score (nSPS) is 10.2. The van der Waals surface area contributed by atoms with Crippen molar-refractivity contribution in [3.8, 4) is 0 Å². The fraction of sp³-hybridized carbons (Fsp3) is 0.429. The monoisotopic (exact) mass is 186 g/mol. The maximum Gasteiger partial charge on any atom is 0.313 e. The first kappa shape index (κ1) is 9.12. The summed E-state index contributed by atoms with van der Waals surface area (Å²) in [5.74, 6) is -0.721. The Balaban J connectivity index is 2.68. The lowest BCUT2D eigenvalue weighted by Crippen LogP contribution is -1.97. The molecule has 0 saturated carbocycles. The Labute approximate surface area is 74.4 Å². The van der Waals surface area contributed by atoms with E-state index in [4.69, 9.17) is 5.11 Å². The third-order valence-corrected chi connectivity index (χ3v) is 2.68. The molecule has 5 heteroatoms. The number of hydrogen-bond donors (Lipinski definition) is 2. The summed E-state index contributed by atoms with van der Waals surface area (Å²) in [7, 11) is 0. The first-order chi connectivity index (χ1) is 5.61. The molecule has 0 saturated heterocycles. The van der Waals surface area contributed by atoms with Gasteiger partial charge in [0.2, 0.25) is 0 Å². The zero-order valence-corrected chi connectivity index (χ0v) is 7.73. The van der Waals surface area contributed by atoms with Gasteiger partial charge in [0.15, 0.2) is 0 Å². The van der Waals surface area contributed by atoms with Crippen molar-refractivity contribution in [1.29, 1.82) is 0 Å². The summed E-state index contributed by atoms with van der Waals surface area (Å²) in [5, 5.41) is 15.2. The lowest BCUT2D eigenvalue weighted by atomic mass is 10.4. The number of H-pyrrole nitrogens is 1. The Morgan fingerprint density at radius 2 is 2.33 bits per heavy atom. The number of aliphatic carboxylic acids is 1. The van der Waals surface area contributed by atoms with Crippen LogP contribution in [-0.2, 0) is 4.79 Å². The zero-order chi connectivity index (χ0) is 9.14. The molecule has 1 heterocycles. The van der Waals surface area contributed by atoms with E-state index in [1.807, 2.05) is 13.8 Å². The SMILES string of the molecule is Cc1n[nH]c(C)c1SCC(=O)O. The number of nitrogens with one attached hydrogen (secondary N) is 1. The maximum absolute atomic E-state index is 10.3. The van der Waals surface area contributed by atoms with Gasteiger partial charge in [-0.1, -0.05) is 0 Å². The summed E-state index contributed by atoms with van der Waals surface area (Å²) in [6, 6.07) is 0. The van der Waals surface area contributed by atoms with Gasteiger partial charge in [0.05, 0.1) is 16.3 Å². The lowest BCUT2D eigenvalue weighted by molar-refractivity contribution is -0.133. The minimum Gasteiger partial charge on any atom is -0.481 e. The van der Waals surface area contributed by atoms with Crippen LogP contribution in [0.4, 0.5) is 0 Å². The van der Waals surface area contributed by atoms with Crippen molar-refractivity contribution in [1.82, 2.24) is 10.2 Å². The summed E-state index contributed by atoms with van der Waals surface area (Å²) in [6.45, 7) is 3.73. The van der Waals surface area contributed by atoms with Gasteiger partial charge in [-0.2, -0.15) is 5.10 Å². The number of hydrogen-bond acceptors (Lipinski definition) is 3. The van der Waals surface area contributed by atoms with Crippen LogP contribution in [0.3, 0.4) is 0 Å². The molecule has 0 aliphatic carbocycles. The van der Waals surface area contributed by atoms with Crippen LogP contribution in [0.5, 0.6) is 0 Å². The highest BCUT2D eigenvalue weighted by Crippen LogP contribution is 2.23. The molecule has 4 nitrogen and oxygen atoms in total. The van der Waals surface area contributed by atoms with Crippen LogP contribution in [0.25, 0.3) is 0 Å². The molecule has 0 aliphatic rings. The molecule has 0 radical (unpaired) electrons. The largest absolute Gasteiger partial charge is 0.481 e. The number of aromatic amines is 1. The van der Waals surface area contributed by atoms with E-state index in [0.29, 0.717) is 0 Å². The minimum absolute atomic E-state index is 0.0845. The topological polar surface area (TPSA) is 66.0 Å². The molecule has 66 valence electrons. The number of carbonyl (C=O) groups is 1. The molecule has 1 rings (SSSR count). The van der Waals surface area contributed by atoms with Gasteiger partial charge in [0, 0.05) is 5.69 Å². The zero-order valence-electron chi connectivity index (χ0n) is 6.92. The summed E-state index contributed by atoms with van der Waals surface area (Å²) < 4.78 is 0. The Morgan fingerprint density at radius 1 is 1.67 bits per heavy atom. The van der Waals surface area contributed by atoms with E-state index in [1.54, 1.807) is 0 Å². The summed E-state index contributed by atoms with van der Waals surface area (Å²) in [6.07, 6.45) is 0. The van der Waals surface area contributed by atoms with Crippen molar-refractivity contribution in [3.63, 3.8) is 0 Å². The van der Waals surface area contributed by atoms with E-state index in [0.717, 1.165) is 16.3 Å². The van der Waals surface area contributed by atoms with Crippen molar-refractivity contribution in [2.45, 2.75) is 18.7 Å². The smallest absolute Gasteiger partial charge is 0.313 e. The van der Waals surface area contributed by atoms with Gasteiger partial charge in [-0.3, -0.25) is 9.89 Å². The molecule has 1 aromatic heterocycles. The second-order valence-corrected chi connectivity index (χ2v) is 3.43. The Morgan fingerprint density at radius 3 is 2.75 bits per heavy atom. The predicted molar refractivity (Wildman–Crippen MR) is 46.4 cm³/mol. The molecule has 0 fully saturated rings. The molecular weight excluding hydrogens is 176 g/mol. The van der Waals surface area contributed by atoms with Crippen LogP contribution >= 0.6 is 11.8 Å². The molecular formula is C7H10N2O2S. The quantitative estimate of drug-likeness (QED) is 0.696. The highest BCUT2D eigenvalue weighted by molar-refractivity contribution is 8.00. The van der Waals surface area contributed by atoms with Crippen molar-refractivity contribution >= 4 is 17.7 Å². The van der Waals surface area contributed by atoms with E-state index >= 15 is 0 Å². The summed E-state index contributed by atoms with van der Waals surface area (Å²) in [5.41, 5.74) is 1.79. The van der Waals surface area contributed by atoms with E-state index < -0.39 is 5.97 Å².